The van der Waals surface area contributed by atoms with Crippen LogP contribution in [0.3, 0.4) is 0 Å². The summed E-state index contributed by atoms with van der Waals surface area (Å²) in [6.45, 7) is 2.35. The predicted octanol–water partition coefficient (Wildman–Crippen LogP) is 4.11. The summed E-state index contributed by atoms with van der Waals surface area (Å²) in [4.78, 5) is 2.30. The van der Waals surface area contributed by atoms with Crippen LogP contribution in [0.5, 0.6) is 0 Å². The highest BCUT2D eigenvalue weighted by molar-refractivity contribution is 7.86. The normalized spacial score (nSPS) is 14.8. The maximum atomic E-state index is 12.5. The zero-order chi connectivity index (χ0) is 17.7. The number of alkyl halides is 3. The number of benzene rings is 1. The van der Waals surface area contributed by atoms with E-state index in [2.05, 4.69) is 10.0 Å². The number of hydrogen-bond donors (Lipinski definition) is 0. The number of rotatable bonds is 7. The van der Waals surface area contributed by atoms with Gasteiger partial charge in [-0.1, -0.05) is 29.7 Å². The van der Waals surface area contributed by atoms with Crippen molar-refractivity contribution >= 4 is 10.1 Å². The van der Waals surface area contributed by atoms with E-state index in [1.165, 1.54) is 12.1 Å². The topological polar surface area (TPSA) is 92.1 Å². The molecule has 0 fully saturated rings. The van der Waals surface area contributed by atoms with Gasteiger partial charge in [0.1, 0.15) is 0 Å². The Hall–Kier alpha value is -1.77. The average molecular weight is 351 g/mol. The Kier molecular flexibility index (Phi) is 6.04. The van der Waals surface area contributed by atoms with Crippen LogP contribution in [0.15, 0.2) is 34.3 Å². The van der Waals surface area contributed by atoms with Gasteiger partial charge in [-0.2, -0.15) is 21.6 Å². The van der Waals surface area contributed by atoms with Crippen molar-refractivity contribution in [1.29, 1.82) is 0 Å². The molecule has 0 aliphatic carbocycles. The number of aryl methyl sites for hydroxylation is 1. The van der Waals surface area contributed by atoms with Crippen molar-refractivity contribution in [3.05, 3.63) is 40.3 Å². The van der Waals surface area contributed by atoms with Gasteiger partial charge >= 0.3 is 6.18 Å². The molecular weight excluding hydrogens is 335 g/mol. The van der Waals surface area contributed by atoms with Crippen LogP contribution in [0.1, 0.15) is 25.3 Å². The second-order valence-electron chi connectivity index (χ2n) is 5.32. The summed E-state index contributed by atoms with van der Waals surface area (Å²) in [6, 6.07) is 5.83. The Morgan fingerprint density at radius 1 is 1.26 bits per heavy atom. The van der Waals surface area contributed by atoms with E-state index in [0.29, 0.717) is 0 Å². The second kappa shape index (κ2) is 7.20. The standard InChI is InChI=1S/C13H16F3N3O3S/c1-10-3-5-11(6-4-10)23(20,21)22-8-7-12(2,18-19-17)9-13(14,15)16/h3-6H,7-9H2,1-2H3. The summed E-state index contributed by atoms with van der Waals surface area (Å²) in [7, 11) is -4.07. The average Bonchev–Trinajstić information content (AvgIpc) is 2.36. The molecule has 10 heteroatoms. The van der Waals surface area contributed by atoms with Gasteiger partial charge in [0.2, 0.25) is 0 Å². The molecule has 1 aromatic rings. The van der Waals surface area contributed by atoms with Crippen LogP contribution in [0.4, 0.5) is 13.2 Å². The fourth-order valence-electron chi connectivity index (χ4n) is 1.86. The Labute approximate surface area is 132 Å². The number of hydrogen-bond acceptors (Lipinski definition) is 4. The molecular formula is C13H16F3N3O3S. The number of halogens is 3. The molecule has 0 radical (unpaired) electrons. The van der Waals surface area contributed by atoms with Crippen molar-refractivity contribution in [2.24, 2.45) is 5.11 Å². The van der Waals surface area contributed by atoms with Crippen molar-refractivity contribution in [1.82, 2.24) is 0 Å². The predicted molar refractivity (Wildman–Crippen MR) is 77.2 cm³/mol. The first kappa shape index (κ1) is 19.3. The Morgan fingerprint density at radius 2 is 1.83 bits per heavy atom. The molecule has 0 heterocycles. The highest BCUT2D eigenvalue weighted by Crippen LogP contribution is 2.32. The van der Waals surface area contributed by atoms with Gasteiger partial charge in [-0.05, 0) is 31.0 Å². The third kappa shape index (κ3) is 6.47. The van der Waals surface area contributed by atoms with Crippen LogP contribution in [-0.2, 0) is 14.3 Å². The minimum atomic E-state index is -4.54. The summed E-state index contributed by atoms with van der Waals surface area (Å²) >= 11 is 0. The third-order valence-corrected chi connectivity index (χ3v) is 4.38. The molecule has 1 rings (SSSR count). The summed E-state index contributed by atoms with van der Waals surface area (Å²) in [5.41, 5.74) is 7.44. The fourth-order valence-corrected chi connectivity index (χ4v) is 2.77. The smallest absolute Gasteiger partial charge is 0.266 e. The molecule has 0 spiro atoms. The lowest BCUT2D eigenvalue weighted by molar-refractivity contribution is -0.146. The summed E-state index contributed by atoms with van der Waals surface area (Å²) in [6.07, 6.45) is -6.29. The SMILES string of the molecule is Cc1ccc(S(=O)(=O)OCCC(C)(CC(F)(F)F)N=[N+]=[N-])cc1. The van der Waals surface area contributed by atoms with Gasteiger partial charge in [0.15, 0.2) is 0 Å². The van der Waals surface area contributed by atoms with Gasteiger partial charge in [-0.3, -0.25) is 4.18 Å². The lowest BCUT2D eigenvalue weighted by Crippen LogP contribution is -2.31. The van der Waals surface area contributed by atoms with E-state index in [1.54, 1.807) is 19.1 Å². The Morgan fingerprint density at radius 3 is 2.30 bits per heavy atom. The van der Waals surface area contributed by atoms with Crippen molar-refractivity contribution in [2.45, 2.75) is 43.3 Å². The molecule has 6 nitrogen and oxygen atoms in total. The third-order valence-electron chi connectivity index (χ3n) is 3.06. The van der Waals surface area contributed by atoms with E-state index >= 15 is 0 Å². The summed E-state index contributed by atoms with van der Waals surface area (Å²) in [5.74, 6) is 0. The van der Waals surface area contributed by atoms with Crippen molar-refractivity contribution in [3.8, 4) is 0 Å². The lowest BCUT2D eigenvalue weighted by Gasteiger charge is -2.24. The van der Waals surface area contributed by atoms with Gasteiger partial charge in [-0.25, -0.2) is 0 Å². The van der Waals surface area contributed by atoms with Crippen molar-refractivity contribution in [2.75, 3.05) is 6.61 Å². The molecule has 23 heavy (non-hydrogen) atoms. The first-order chi connectivity index (χ1) is 10.5. The first-order valence-corrected chi connectivity index (χ1v) is 7.97. The van der Waals surface area contributed by atoms with Crippen LogP contribution in [0.2, 0.25) is 0 Å². The van der Waals surface area contributed by atoms with Gasteiger partial charge in [-0.15, -0.1) is 0 Å². The molecule has 1 unspecified atom stereocenters. The van der Waals surface area contributed by atoms with E-state index in [9.17, 15) is 21.6 Å². The number of azide groups is 1. The number of nitrogens with zero attached hydrogens (tertiary/aromatic N) is 3. The molecule has 0 aliphatic rings. The molecule has 128 valence electrons. The Bertz CT molecular complexity index is 683. The van der Waals surface area contributed by atoms with E-state index < -0.39 is 34.9 Å². The lowest BCUT2D eigenvalue weighted by atomic mass is 9.95. The van der Waals surface area contributed by atoms with Gasteiger partial charge in [0, 0.05) is 4.91 Å². The van der Waals surface area contributed by atoms with Crippen LogP contribution >= 0.6 is 0 Å². The highest BCUT2D eigenvalue weighted by Gasteiger charge is 2.39. The molecule has 1 aromatic carbocycles. The van der Waals surface area contributed by atoms with E-state index in [4.69, 9.17) is 9.71 Å². The molecule has 0 saturated carbocycles. The molecule has 0 saturated heterocycles. The maximum absolute atomic E-state index is 12.5. The molecule has 0 aromatic heterocycles. The zero-order valence-electron chi connectivity index (χ0n) is 12.5. The van der Waals surface area contributed by atoms with E-state index in [0.717, 1.165) is 12.5 Å². The van der Waals surface area contributed by atoms with Crippen LogP contribution in [0.25, 0.3) is 10.4 Å². The first-order valence-electron chi connectivity index (χ1n) is 6.57. The molecule has 0 aliphatic heterocycles. The zero-order valence-corrected chi connectivity index (χ0v) is 13.4. The van der Waals surface area contributed by atoms with Gasteiger partial charge in [0.05, 0.1) is 23.5 Å². The van der Waals surface area contributed by atoms with E-state index in [-0.39, 0.29) is 11.3 Å². The van der Waals surface area contributed by atoms with E-state index in [1.807, 2.05) is 0 Å². The molecule has 1 atom stereocenters. The van der Waals surface area contributed by atoms with Crippen molar-refractivity contribution < 1.29 is 25.8 Å². The highest BCUT2D eigenvalue weighted by atomic mass is 32.2. The monoisotopic (exact) mass is 351 g/mol. The summed E-state index contributed by atoms with van der Waals surface area (Å²) < 4.78 is 66.1. The quantitative estimate of drug-likeness (QED) is 0.320. The Balaban J connectivity index is 2.76. The van der Waals surface area contributed by atoms with Crippen LogP contribution in [-0.4, -0.2) is 26.7 Å². The van der Waals surface area contributed by atoms with Gasteiger partial charge in [0.25, 0.3) is 10.1 Å². The minimum absolute atomic E-state index is 0.0931. The maximum Gasteiger partial charge on any atom is 0.389 e. The largest absolute Gasteiger partial charge is 0.389 e. The summed E-state index contributed by atoms with van der Waals surface area (Å²) in [5, 5.41) is 3.13. The molecule has 0 N–H and O–H groups in total. The van der Waals surface area contributed by atoms with Crippen LogP contribution in [0, 0.1) is 6.92 Å². The minimum Gasteiger partial charge on any atom is -0.266 e. The van der Waals surface area contributed by atoms with Crippen LogP contribution < -0.4 is 0 Å². The second-order valence-corrected chi connectivity index (χ2v) is 6.93. The van der Waals surface area contributed by atoms with Gasteiger partial charge < -0.3 is 0 Å². The fraction of sp³-hybridized carbons (Fsp3) is 0.538. The van der Waals surface area contributed by atoms with Crippen molar-refractivity contribution in [3.63, 3.8) is 0 Å². The molecule has 0 amide bonds. The molecule has 0 bridgehead atoms.